The Kier molecular flexibility index (Phi) is 7.27. The molecule has 0 fully saturated rings. The number of hydrogen-bond donors (Lipinski definition) is 2. The fourth-order valence-corrected chi connectivity index (χ4v) is 3.52. The molecule has 1 aromatic heterocycles. The first-order valence-corrected chi connectivity index (χ1v) is 10.1. The zero-order valence-electron chi connectivity index (χ0n) is 18.1. The molecule has 0 saturated carbocycles. The molecule has 3 aromatic rings. The fourth-order valence-electron chi connectivity index (χ4n) is 3.43. The van der Waals surface area contributed by atoms with E-state index in [0.717, 1.165) is 11.1 Å². The van der Waals surface area contributed by atoms with Crippen molar-refractivity contribution in [2.75, 3.05) is 27.1 Å². The number of rotatable bonds is 9. The number of ether oxygens (including phenoxy) is 3. The summed E-state index contributed by atoms with van der Waals surface area (Å²) in [5.41, 5.74) is 8.18. The molecule has 32 heavy (non-hydrogen) atoms. The lowest BCUT2D eigenvalue weighted by Gasteiger charge is -2.15. The molecule has 0 unspecified atom stereocenters. The minimum Gasteiger partial charge on any atom is -0.493 e. The van der Waals surface area contributed by atoms with Gasteiger partial charge in [-0.25, -0.2) is 4.98 Å². The van der Waals surface area contributed by atoms with Crippen molar-refractivity contribution in [2.24, 2.45) is 0 Å². The molecule has 2 aromatic carbocycles. The quantitative estimate of drug-likeness (QED) is 0.477. The average molecular weight is 457 g/mol. The average Bonchev–Trinajstić information content (AvgIpc) is 3.07. The molecular weight excluding hydrogens is 432 g/mol. The Morgan fingerprint density at radius 3 is 2.25 bits per heavy atom. The first kappa shape index (κ1) is 23.0. The highest BCUT2D eigenvalue weighted by Gasteiger charge is 2.23. The Labute approximate surface area is 191 Å². The number of amides is 1. The largest absolute Gasteiger partial charge is 0.493 e. The molecule has 0 aliphatic rings. The van der Waals surface area contributed by atoms with Crippen molar-refractivity contribution in [1.82, 2.24) is 14.9 Å². The van der Waals surface area contributed by atoms with Gasteiger partial charge in [-0.05, 0) is 23.3 Å². The fraction of sp³-hybridized carbons (Fsp3) is 0.217. The maximum Gasteiger partial charge on any atom is 0.276 e. The Morgan fingerprint density at radius 1 is 1.09 bits per heavy atom. The van der Waals surface area contributed by atoms with Gasteiger partial charge in [0.2, 0.25) is 5.75 Å². The van der Waals surface area contributed by atoms with Crippen LogP contribution >= 0.6 is 11.6 Å². The first-order valence-electron chi connectivity index (χ1n) is 9.71. The minimum atomic E-state index is -0.484. The SMILES string of the molecule is C=C(Cl)NC(=O)c1c(N)nc(Cc2cc(OC)c(OC)c(OC)c2)n1Cc1ccccc1. The molecule has 0 bridgehead atoms. The third-order valence-corrected chi connectivity index (χ3v) is 4.90. The topological polar surface area (TPSA) is 101 Å². The van der Waals surface area contributed by atoms with E-state index in [2.05, 4.69) is 16.9 Å². The molecule has 3 N–H and O–H groups in total. The number of anilines is 1. The molecule has 8 nitrogen and oxygen atoms in total. The monoisotopic (exact) mass is 456 g/mol. The number of nitrogens with zero attached hydrogens (tertiary/aromatic N) is 2. The predicted molar refractivity (Wildman–Crippen MR) is 124 cm³/mol. The van der Waals surface area contributed by atoms with Crippen molar-refractivity contribution < 1.29 is 19.0 Å². The lowest BCUT2D eigenvalue weighted by Crippen LogP contribution is -2.25. The summed E-state index contributed by atoms with van der Waals surface area (Å²) in [5, 5.41) is 2.48. The first-order chi connectivity index (χ1) is 15.4. The van der Waals surface area contributed by atoms with Gasteiger partial charge >= 0.3 is 0 Å². The Balaban J connectivity index is 2.08. The zero-order valence-corrected chi connectivity index (χ0v) is 18.9. The van der Waals surface area contributed by atoms with E-state index in [4.69, 9.17) is 31.5 Å². The number of carbonyl (C=O) groups excluding carboxylic acids is 1. The normalized spacial score (nSPS) is 10.5. The lowest BCUT2D eigenvalue weighted by atomic mass is 10.1. The Bertz CT molecular complexity index is 1100. The van der Waals surface area contributed by atoms with Gasteiger partial charge in [0, 0.05) is 13.0 Å². The molecule has 0 aliphatic carbocycles. The zero-order chi connectivity index (χ0) is 23.3. The number of hydrogen-bond acceptors (Lipinski definition) is 6. The Morgan fingerprint density at radius 2 is 1.72 bits per heavy atom. The summed E-state index contributed by atoms with van der Waals surface area (Å²) < 4.78 is 18.1. The van der Waals surface area contributed by atoms with Gasteiger partial charge in [-0.15, -0.1) is 0 Å². The van der Waals surface area contributed by atoms with Gasteiger partial charge in [0.1, 0.15) is 11.0 Å². The lowest BCUT2D eigenvalue weighted by molar-refractivity contribution is 0.0960. The molecule has 168 valence electrons. The summed E-state index contributed by atoms with van der Waals surface area (Å²) in [6, 6.07) is 13.4. The summed E-state index contributed by atoms with van der Waals surface area (Å²) >= 11 is 5.78. The summed E-state index contributed by atoms with van der Waals surface area (Å²) in [6.45, 7) is 3.91. The smallest absolute Gasteiger partial charge is 0.276 e. The van der Waals surface area contributed by atoms with E-state index >= 15 is 0 Å². The van der Waals surface area contributed by atoms with Crippen molar-refractivity contribution in [3.05, 3.63) is 76.8 Å². The van der Waals surface area contributed by atoms with Crippen molar-refractivity contribution in [2.45, 2.75) is 13.0 Å². The summed E-state index contributed by atoms with van der Waals surface area (Å²) in [5.74, 6) is 1.73. The van der Waals surface area contributed by atoms with Crippen LogP contribution in [0.5, 0.6) is 17.2 Å². The number of carbonyl (C=O) groups is 1. The van der Waals surface area contributed by atoms with Crippen LogP contribution in [0.2, 0.25) is 0 Å². The van der Waals surface area contributed by atoms with Crippen LogP contribution in [-0.4, -0.2) is 36.8 Å². The van der Waals surface area contributed by atoms with Crippen LogP contribution in [0.15, 0.2) is 54.2 Å². The van der Waals surface area contributed by atoms with Crippen LogP contribution in [0.3, 0.4) is 0 Å². The highest BCUT2D eigenvalue weighted by molar-refractivity contribution is 6.30. The second-order valence-electron chi connectivity index (χ2n) is 6.90. The van der Waals surface area contributed by atoms with E-state index < -0.39 is 5.91 Å². The number of nitrogens with two attached hydrogens (primary N) is 1. The number of halogens is 1. The molecular formula is C23H25ClN4O4. The molecule has 1 amide bonds. The summed E-state index contributed by atoms with van der Waals surface area (Å²) in [6.07, 6.45) is 0.364. The minimum absolute atomic E-state index is 0.00645. The molecule has 0 atom stereocenters. The third-order valence-electron chi connectivity index (χ3n) is 4.81. The van der Waals surface area contributed by atoms with E-state index in [1.807, 2.05) is 42.5 Å². The number of nitrogens with one attached hydrogen (secondary N) is 1. The van der Waals surface area contributed by atoms with E-state index in [1.54, 1.807) is 25.9 Å². The Hall–Kier alpha value is -3.65. The van der Waals surface area contributed by atoms with Crippen LogP contribution in [0.25, 0.3) is 0 Å². The maximum absolute atomic E-state index is 12.8. The van der Waals surface area contributed by atoms with E-state index in [1.165, 1.54) is 0 Å². The predicted octanol–water partition coefficient (Wildman–Crippen LogP) is 3.57. The molecule has 3 rings (SSSR count). The van der Waals surface area contributed by atoms with Crippen LogP contribution in [0, 0.1) is 0 Å². The van der Waals surface area contributed by atoms with Gasteiger partial charge in [-0.2, -0.15) is 0 Å². The standard InChI is InChI=1S/C23H25ClN4O4/c1-14(24)26-23(29)20-22(25)27-19(28(20)13-15-8-6-5-7-9-15)12-16-10-17(30-2)21(32-4)18(11-16)31-3/h5-11H,1,12-13,25H2,2-4H3,(H,26,29). The van der Waals surface area contributed by atoms with Crippen LogP contribution in [-0.2, 0) is 13.0 Å². The molecule has 0 radical (unpaired) electrons. The van der Waals surface area contributed by atoms with Gasteiger partial charge in [-0.1, -0.05) is 48.5 Å². The maximum atomic E-state index is 12.8. The van der Waals surface area contributed by atoms with Gasteiger partial charge in [-0.3, -0.25) is 4.79 Å². The second-order valence-corrected chi connectivity index (χ2v) is 7.36. The molecule has 0 spiro atoms. The van der Waals surface area contributed by atoms with Crippen LogP contribution in [0.4, 0.5) is 5.82 Å². The second kappa shape index (κ2) is 10.1. The van der Waals surface area contributed by atoms with Gasteiger partial charge in [0.05, 0.1) is 21.3 Å². The van der Waals surface area contributed by atoms with Gasteiger partial charge in [0.25, 0.3) is 5.91 Å². The highest BCUT2D eigenvalue weighted by Crippen LogP contribution is 2.38. The van der Waals surface area contributed by atoms with Crippen molar-refractivity contribution in [3.63, 3.8) is 0 Å². The number of methoxy groups -OCH3 is 3. The molecule has 9 heteroatoms. The summed E-state index contributed by atoms with van der Waals surface area (Å²) in [7, 11) is 4.65. The number of imidazole rings is 1. The third kappa shape index (κ3) is 4.97. The summed E-state index contributed by atoms with van der Waals surface area (Å²) in [4.78, 5) is 17.3. The highest BCUT2D eigenvalue weighted by atomic mass is 35.5. The van der Waals surface area contributed by atoms with Gasteiger partial charge in [0.15, 0.2) is 23.0 Å². The molecule has 1 heterocycles. The van der Waals surface area contributed by atoms with E-state index in [0.29, 0.717) is 36.0 Å². The number of aromatic nitrogens is 2. The number of benzene rings is 2. The van der Waals surface area contributed by atoms with Gasteiger partial charge < -0.3 is 29.8 Å². The van der Waals surface area contributed by atoms with E-state index in [9.17, 15) is 4.79 Å². The van der Waals surface area contributed by atoms with Crippen molar-refractivity contribution in [1.29, 1.82) is 0 Å². The molecule has 0 saturated heterocycles. The molecule has 0 aliphatic heterocycles. The van der Waals surface area contributed by atoms with Crippen LogP contribution in [0.1, 0.15) is 27.4 Å². The van der Waals surface area contributed by atoms with E-state index in [-0.39, 0.29) is 16.7 Å². The number of nitrogen functional groups attached to an aromatic ring is 1. The van der Waals surface area contributed by atoms with Crippen molar-refractivity contribution >= 4 is 23.3 Å². The van der Waals surface area contributed by atoms with Crippen LogP contribution < -0.4 is 25.3 Å². The van der Waals surface area contributed by atoms with Crippen molar-refractivity contribution in [3.8, 4) is 17.2 Å².